The van der Waals surface area contributed by atoms with Gasteiger partial charge < -0.3 is 46.2 Å². The quantitative estimate of drug-likeness (QED) is 0.00991. The number of urea groups is 1. The number of Topliss-reactive ketones (excluding diaryl/α,β-unsaturated/α-hetero) is 3. The summed E-state index contributed by atoms with van der Waals surface area (Å²) in [5.41, 5.74) is 9.74. The first-order valence-corrected chi connectivity index (χ1v) is 46.0. The first kappa shape index (κ1) is 96.2. The number of rotatable bonds is 55. The predicted octanol–water partition coefficient (Wildman–Crippen LogP) is 15.4. The first-order chi connectivity index (χ1) is 57.8. The van der Waals surface area contributed by atoms with E-state index in [0.717, 1.165) is 108 Å². The van der Waals surface area contributed by atoms with E-state index in [1.54, 1.807) is 0 Å². The molecule has 8 rings (SSSR count). The smallest absolute Gasteiger partial charge is 0.326 e. The molecule has 0 unspecified atom stereocenters. The van der Waals surface area contributed by atoms with Gasteiger partial charge in [-0.05, 0) is 174 Å². The van der Waals surface area contributed by atoms with Crippen LogP contribution in [0.2, 0.25) is 0 Å². The van der Waals surface area contributed by atoms with Crippen LogP contribution in [0.25, 0.3) is 0 Å². The van der Waals surface area contributed by atoms with Gasteiger partial charge in [0.1, 0.15) is 35.7 Å². The number of ether oxygens (including phenoxy) is 1. The topological polar surface area (TPSA) is 387 Å². The molecule has 121 heavy (non-hydrogen) atoms. The van der Waals surface area contributed by atoms with Crippen LogP contribution in [0.1, 0.15) is 229 Å². The summed E-state index contributed by atoms with van der Waals surface area (Å²) >= 11 is 0. The summed E-state index contributed by atoms with van der Waals surface area (Å²) in [4.78, 5) is 118. The number of allylic oxidation sites excluding steroid dienone is 7. The molecule has 0 radical (unpaired) electrons. The number of unbranched alkanes of at least 4 members (excludes halogenated alkanes) is 11. The Hall–Kier alpha value is -10.2. The largest absolute Gasteiger partial charge is 0.481 e. The Kier molecular flexibility index (Phi) is 38.1. The number of ketones is 3. The van der Waals surface area contributed by atoms with Crippen molar-refractivity contribution >= 4 is 90.4 Å². The minimum absolute atomic E-state index is 0.0293. The summed E-state index contributed by atoms with van der Waals surface area (Å²) in [6, 6.07) is 39.5. The van der Waals surface area contributed by atoms with Crippen LogP contribution >= 0.6 is 0 Å². The van der Waals surface area contributed by atoms with Crippen LogP contribution in [-0.4, -0.2) is 154 Å². The second-order valence-electron chi connectivity index (χ2n) is 33.1. The van der Waals surface area contributed by atoms with Gasteiger partial charge in [0, 0.05) is 111 Å². The monoisotopic (exact) mass is 1700 g/mol. The van der Waals surface area contributed by atoms with E-state index >= 15 is 0 Å². The van der Waals surface area contributed by atoms with Crippen molar-refractivity contribution in [3.8, 4) is 5.75 Å². The maximum Gasteiger partial charge on any atom is 0.326 e. The maximum absolute atomic E-state index is 14.4. The van der Waals surface area contributed by atoms with Gasteiger partial charge in [-0.15, -0.1) is 0 Å². The van der Waals surface area contributed by atoms with E-state index in [1.165, 1.54) is 0 Å². The highest BCUT2D eigenvalue weighted by Gasteiger charge is 2.45. The summed E-state index contributed by atoms with van der Waals surface area (Å²) in [6.45, 7) is 10.1. The molecule has 9 N–H and O–H groups in total. The minimum atomic E-state index is -4.14. The average Bonchev–Trinajstić information content (AvgIpc) is 1.60. The fourth-order valence-electron chi connectivity index (χ4n) is 16.2. The zero-order valence-electron chi connectivity index (χ0n) is 70.4. The lowest BCUT2D eigenvalue weighted by Gasteiger charge is -2.27. The number of carboxylic acid groups (broad SMARTS) is 3. The summed E-state index contributed by atoms with van der Waals surface area (Å²) in [5.74, 6) is -5.65. The Morgan fingerprint density at radius 1 is 0.512 bits per heavy atom. The molecule has 654 valence electrons. The van der Waals surface area contributed by atoms with Crippen molar-refractivity contribution < 1.29 is 93.7 Å². The Balaban J connectivity index is 0.824. The van der Waals surface area contributed by atoms with Gasteiger partial charge in [0.2, 0.25) is 17.5 Å². The van der Waals surface area contributed by atoms with E-state index in [0.29, 0.717) is 94.5 Å². The van der Waals surface area contributed by atoms with E-state index in [1.807, 2.05) is 109 Å². The van der Waals surface area contributed by atoms with Crippen LogP contribution in [0.5, 0.6) is 5.75 Å². The molecule has 4 amide bonds. The number of amides is 4. The molecule has 0 saturated heterocycles. The van der Waals surface area contributed by atoms with Crippen LogP contribution in [0.4, 0.5) is 16.2 Å². The van der Waals surface area contributed by atoms with Crippen LogP contribution in [0.3, 0.4) is 0 Å². The number of nitrogens with one attached hydrogen (secondary N) is 4. The van der Waals surface area contributed by atoms with Crippen LogP contribution in [0.15, 0.2) is 180 Å². The van der Waals surface area contributed by atoms with Crippen LogP contribution < -0.4 is 30.9 Å². The van der Waals surface area contributed by atoms with Gasteiger partial charge in [-0.3, -0.25) is 42.7 Å². The van der Waals surface area contributed by atoms with Crippen molar-refractivity contribution in [1.82, 2.24) is 21.3 Å². The summed E-state index contributed by atoms with van der Waals surface area (Å²) in [5, 5.41) is 39.6. The highest BCUT2D eigenvalue weighted by atomic mass is 32.2. The van der Waals surface area contributed by atoms with E-state index < -0.39 is 78.9 Å². The Morgan fingerprint density at radius 2 is 1.08 bits per heavy atom. The van der Waals surface area contributed by atoms with Crippen molar-refractivity contribution in [2.45, 2.75) is 243 Å². The Labute approximate surface area is 713 Å². The number of benzene rings is 5. The average molecular weight is 1710 g/mol. The van der Waals surface area contributed by atoms with Gasteiger partial charge in [0.15, 0.2) is 11.5 Å². The third-order valence-electron chi connectivity index (χ3n) is 22.8. The SMILES string of the molecule is CC1(C)C(=CC=C2CCCC(C=CC3=[N+](CCCCS(=O)(=O)O)c4ccccc4C3(C)C)=C2Oc2ccc(C[C@H](CC(=O)CCCCCCCNC(=O)[C@@H](CC(=O)[C@H](Cc3ccccc3)NC(=O)CCCCCCCCC(=O)CC[C@H](NC(=O)NCCCC(=O)O)C(=O)O)Cc3ccccc3)C(=O)O)cc2)N(CCCCS(=O)(=O)O)c2ccccc21. The Morgan fingerprint density at radius 3 is 1.73 bits per heavy atom. The molecule has 2 heterocycles. The number of aliphatic carboxylic acids is 3. The third kappa shape index (κ3) is 32.0. The Bertz CT molecular complexity index is 4770. The molecular weight excluding hydrogens is 1580 g/mol. The van der Waals surface area contributed by atoms with Gasteiger partial charge in [0.25, 0.3) is 20.2 Å². The normalized spacial score (nSPS) is 16.0. The first-order valence-electron chi connectivity index (χ1n) is 42.8. The van der Waals surface area contributed by atoms with Gasteiger partial charge in [-0.25, -0.2) is 9.59 Å². The molecule has 0 spiro atoms. The summed E-state index contributed by atoms with van der Waals surface area (Å²) in [6.07, 6.45) is 20.9. The number of carbonyl (C=O) groups is 9. The van der Waals surface area contributed by atoms with Crippen LogP contribution in [-0.2, 0) is 88.7 Å². The number of fused-ring (bicyclic) bond motifs is 2. The lowest BCUT2D eigenvalue weighted by atomic mass is 9.81. The molecule has 0 bridgehead atoms. The number of carboxylic acids is 3. The van der Waals surface area contributed by atoms with E-state index in [-0.39, 0.29) is 131 Å². The van der Waals surface area contributed by atoms with Gasteiger partial charge in [0.05, 0.1) is 28.9 Å². The fourth-order valence-corrected chi connectivity index (χ4v) is 17.3. The van der Waals surface area contributed by atoms with E-state index in [4.69, 9.17) is 9.84 Å². The zero-order valence-corrected chi connectivity index (χ0v) is 72.1. The molecule has 4 atom stereocenters. The fraction of sp³-hybridized carbons (Fsp3) is 0.489. The second kappa shape index (κ2) is 47.8. The zero-order chi connectivity index (χ0) is 87.5. The molecule has 5 aromatic carbocycles. The number of anilines is 1. The van der Waals surface area contributed by atoms with Crippen molar-refractivity contribution in [1.29, 1.82) is 0 Å². The molecule has 1 aliphatic carbocycles. The number of nitrogens with zero attached hydrogens (tertiary/aromatic N) is 2. The highest BCUT2D eigenvalue weighted by Crippen LogP contribution is 2.48. The lowest BCUT2D eigenvalue weighted by molar-refractivity contribution is -0.438. The van der Waals surface area contributed by atoms with E-state index in [2.05, 4.69) is 107 Å². The highest BCUT2D eigenvalue weighted by molar-refractivity contribution is 7.86. The third-order valence-corrected chi connectivity index (χ3v) is 24.4. The molecule has 27 heteroatoms. The van der Waals surface area contributed by atoms with Crippen molar-refractivity contribution in [2.24, 2.45) is 11.8 Å². The molecule has 0 saturated carbocycles. The predicted molar refractivity (Wildman–Crippen MR) is 467 cm³/mol. The summed E-state index contributed by atoms with van der Waals surface area (Å²) < 4.78 is 75.2. The number of carbonyl (C=O) groups excluding carboxylic acids is 6. The van der Waals surface area contributed by atoms with E-state index in [9.17, 15) is 79.3 Å². The maximum atomic E-state index is 14.4. The van der Waals surface area contributed by atoms with Crippen LogP contribution in [0, 0.1) is 11.8 Å². The van der Waals surface area contributed by atoms with Crippen molar-refractivity contribution in [2.75, 3.05) is 42.6 Å². The molecular formula is C94H123N6O19S2+. The number of para-hydroxylation sites is 2. The minimum Gasteiger partial charge on any atom is -0.481 e. The van der Waals surface area contributed by atoms with Crippen molar-refractivity contribution in [3.05, 3.63) is 208 Å². The standard InChI is InChI=1S/C94H122N6O19S2/c1-93(2)77-40-21-23-42-81(77)99(58-26-28-60-120(113,114)115)84(93)54-48-70-36-30-37-71(49-55-85-94(3,4)78-41-22-24-43-82(78)100(85)59-27-29-61-121(116,117)118)88(70)119-76-51-46-69(47-52-76)63-73(90(108)109)65-75(102)39-19-9-7-11-25-56-95-89(107)72(62-67-32-14-12-15-33-67)66-83(103)80(64-68-34-16-13-17-35-68)97-86(104)44-20-10-6-5-8-18-38-74(101)50-53-79(91(110)111)98-92(112)96-57-31-45-87(105)106/h12-17,21-24,32-35,40-43,46-49,51-52,54-55,72-73,79-80H,5-11,18-20,25-31,36-39,44-45,50,53,56-66H2,1-4H3,(H8-,95,96,97,98,104,105,106,107,108,109,110,111,112,113,114,115,116,117,118)/p+1/t72-,73-,79+,80+/m1/s1. The number of hydrogen-bond acceptors (Lipinski definition) is 15. The second-order valence-corrected chi connectivity index (χ2v) is 36.3. The van der Waals surface area contributed by atoms with Crippen molar-refractivity contribution in [3.63, 3.8) is 0 Å². The van der Waals surface area contributed by atoms with Gasteiger partial charge in [-0.2, -0.15) is 21.4 Å². The molecule has 0 fully saturated rings. The molecule has 2 aliphatic heterocycles. The molecule has 5 aromatic rings. The lowest BCUT2D eigenvalue weighted by Crippen LogP contribution is -2.46. The van der Waals surface area contributed by atoms with Gasteiger partial charge in [-0.1, -0.05) is 174 Å². The summed E-state index contributed by atoms with van der Waals surface area (Å²) in [7, 11) is -8.27. The number of hydrogen-bond donors (Lipinski definition) is 9. The molecule has 0 aromatic heterocycles. The molecule has 25 nitrogen and oxygen atoms in total. The van der Waals surface area contributed by atoms with Gasteiger partial charge >= 0.3 is 23.9 Å². The molecule has 3 aliphatic rings.